The average Bonchev–Trinajstić information content (AvgIpc) is 3.34. The van der Waals surface area contributed by atoms with Crippen LogP contribution in [0.4, 0.5) is 0 Å². The van der Waals surface area contributed by atoms with Gasteiger partial charge < -0.3 is 8.83 Å². The first-order valence-corrected chi connectivity index (χ1v) is 17.9. The van der Waals surface area contributed by atoms with Crippen LogP contribution in [0.1, 0.15) is 11.1 Å². The third kappa shape index (κ3) is 3.77. The summed E-state index contributed by atoms with van der Waals surface area (Å²) in [6, 6.07) is 12.7. The standard InChI is InChI=1S/C28H26O2Si2/c1-31(2,3)13-9-21-23-15-19-7-11-30-28(19)18-26(23)22(10-14-32(4,5)6)24-16-20-8-12-29-27(20)17-25(21)24/h7-8,11-12,15-18H,1-6H3. The lowest BCUT2D eigenvalue weighted by Gasteiger charge is -2.13. The molecule has 5 rings (SSSR count). The smallest absolute Gasteiger partial charge is 0.134 e. The number of hydrogen-bond donors (Lipinski definition) is 0. The fourth-order valence-corrected chi connectivity index (χ4v) is 4.91. The molecular weight excluding hydrogens is 424 g/mol. The lowest BCUT2D eigenvalue weighted by molar-refractivity contribution is 0.616. The molecule has 0 radical (unpaired) electrons. The molecule has 0 atom stereocenters. The van der Waals surface area contributed by atoms with E-state index in [9.17, 15) is 0 Å². The molecule has 0 aliphatic carbocycles. The third-order valence-corrected chi connectivity index (χ3v) is 7.14. The molecule has 158 valence electrons. The topological polar surface area (TPSA) is 26.3 Å². The Labute approximate surface area is 190 Å². The van der Waals surface area contributed by atoms with Gasteiger partial charge in [0.25, 0.3) is 0 Å². The summed E-state index contributed by atoms with van der Waals surface area (Å²) < 4.78 is 11.5. The molecular formula is C28H26O2Si2. The van der Waals surface area contributed by atoms with E-state index in [0.717, 1.165) is 54.6 Å². The van der Waals surface area contributed by atoms with Gasteiger partial charge in [0.2, 0.25) is 0 Å². The molecule has 0 saturated carbocycles. The Balaban J connectivity index is 2.03. The molecule has 0 fully saturated rings. The second-order valence-electron chi connectivity index (χ2n) is 10.5. The molecule has 4 heteroatoms. The lowest BCUT2D eigenvalue weighted by atomic mass is 9.91. The van der Waals surface area contributed by atoms with E-state index >= 15 is 0 Å². The SMILES string of the molecule is C[Si](C)(C)C#Cc1c2cc3ccoc3cc2c(C#C[Si](C)(C)C)c2cc3ccoc3cc12. The van der Waals surface area contributed by atoms with Gasteiger partial charge in [-0.2, -0.15) is 0 Å². The van der Waals surface area contributed by atoms with E-state index in [4.69, 9.17) is 8.83 Å². The number of benzene rings is 3. The van der Waals surface area contributed by atoms with Gasteiger partial charge in [0, 0.05) is 43.4 Å². The van der Waals surface area contributed by atoms with E-state index in [1.165, 1.54) is 0 Å². The fourth-order valence-electron chi connectivity index (χ4n) is 3.91. The highest BCUT2D eigenvalue weighted by Gasteiger charge is 2.17. The third-order valence-electron chi connectivity index (χ3n) is 5.39. The van der Waals surface area contributed by atoms with E-state index < -0.39 is 16.1 Å². The summed E-state index contributed by atoms with van der Waals surface area (Å²) in [6.45, 7) is 13.6. The highest BCUT2D eigenvalue weighted by atomic mass is 28.3. The lowest BCUT2D eigenvalue weighted by Crippen LogP contribution is -2.16. The molecule has 3 aromatic carbocycles. The summed E-state index contributed by atoms with van der Waals surface area (Å²) in [5.74, 6) is 7.17. The Morgan fingerprint density at radius 2 is 0.938 bits per heavy atom. The molecule has 0 spiro atoms. The van der Waals surface area contributed by atoms with Gasteiger partial charge in [0.1, 0.15) is 27.3 Å². The van der Waals surface area contributed by atoms with Crippen molar-refractivity contribution in [3.8, 4) is 22.9 Å². The maximum atomic E-state index is 5.77. The van der Waals surface area contributed by atoms with Crippen LogP contribution in [0.15, 0.2) is 57.8 Å². The predicted molar refractivity (Wildman–Crippen MR) is 141 cm³/mol. The monoisotopic (exact) mass is 450 g/mol. The highest BCUT2D eigenvalue weighted by Crippen LogP contribution is 2.37. The van der Waals surface area contributed by atoms with Crippen molar-refractivity contribution in [2.75, 3.05) is 0 Å². The van der Waals surface area contributed by atoms with Crippen LogP contribution in [0.3, 0.4) is 0 Å². The molecule has 32 heavy (non-hydrogen) atoms. The van der Waals surface area contributed by atoms with Crippen molar-refractivity contribution in [1.82, 2.24) is 0 Å². The van der Waals surface area contributed by atoms with Crippen molar-refractivity contribution >= 4 is 59.6 Å². The van der Waals surface area contributed by atoms with Crippen molar-refractivity contribution in [2.45, 2.75) is 39.3 Å². The van der Waals surface area contributed by atoms with Gasteiger partial charge in [-0.3, -0.25) is 0 Å². The number of rotatable bonds is 0. The van der Waals surface area contributed by atoms with Crippen LogP contribution in [0.5, 0.6) is 0 Å². The molecule has 2 heterocycles. The van der Waals surface area contributed by atoms with Crippen molar-refractivity contribution in [3.05, 3.63) is 60.1 Å². The maximum Gasteiger partial charge on any atom is 0.134 e. The summed E-state index contributed by atoms with van der Waals surface area (Å²) in [5, 5.41) is 6.62. The van der Waals surface area contributed by atoms with Crippen LogP contribution in [-0.4, -0.2) is 16.1 Å². The zero-order valence-electron chi connectivity index (χ0n) is 19.4. The van der Waals surface area contributed by atoms with E-state index in [1.54, 1.807) is 12.5 Å². The molecule has 2 nitrogen and oxygen atoms in total. The minimum atomic E-state index is -1.58. The first-order valence-electron chi connectivity index (χ1n) is 10.9. The van der Waals surface area contributed by atoms with E-state index in [2.05, 4.69) is 86.5 Å². The quantitative estimate of drug-likeness (QED) is 0.136. The summed E-state index contributed by atoms with van der Waals surface area (Å²) in [5.41, 5.74) is 11.0. The zero-order valence-corrected chi connectivity index (χ0v) is 21.4. The van der Waals surface area contributed by atoms with Gasteiger partial charge in [0.05, 0.1) is 12.5 Å². The number of hydrogen-bond acceptors (Lipinski definition) is 2. The van der Waals surface area contributed by atoms with E-state index in [-0.39, 0.29) is 0 Å². The molecule has 5 aromatic rings. The molecule has 0 aliphatic heterocycles. The molecule has 0 bridgehead atoms. The first kappa shape index (κ1) is 20.7. The van der Waals surface area contributed by atoms with Crippen molar-refractivity contribution < 1.29 is 8.83 Å². The summed E-state index contributed by atoms with van der Waals surface area (Å²) in [4.78, 5) is 0. The summed E-state index contributed by atoms with van der Waals surface area (Å²) >= 11 is 0. The van der Waals surface area contributed by atoms with Gasteiger partial charge >= 0.3 is 0 Å². The van der Waals surface area contributed by atoms with Crippen LogP contribution in [-0.2, 0) is 0 Å². The Kier molecular flexibility index (Phi) is 4.64. The highest BCUT2D eigenvalue weighted by molar-refractivity contribution is 6.84. The Bertz CT molecular complexity index is 1440. The van der Waals surface area contributed by atoms with Gasteiger partial charge in [-0.05, 0) is 36.4 Å². The van der Waals surface area contributed by atoms with Gasteiger partial charge in [0.15, 0.2) is 0 Å². The zero-order chi connectivity index (χ0) is 22.7. The molecule has 0 N–H and O–H groups in total. The largest absolute Gasteiger partial charge is 0.464 e. The average molecular weight is 451 g/mol. The molecule has 0 aliphatic rings. The molecule has 0 saturated heterocycles. The number of furan rings is 2. The van der Waals surface area contributed by atoms with E-state index in [1.807, 2.05) is 12.1 Å². The molecule has 2 aromatic heterocycles. The fraction of sp³-hybridized carbons (Fsp3) is 0.214. The van der Waals surface area contributed by atoms with Crippen LogP contribution < -0.4 is 0 Å². The molecule has 0 unspecified atom stereocenters. The second kappa shape index (κ2) is 7.17. The minimum Gasteiger partial charge on any atom is -0.464 e. The van der Waals surface area contributed by atoms with Crippen LogP contribution in [0.25, 0.3) is 43.5 Å². The van der Waals surface area contributed by atoms with Crippen LogP contribution in [0, 0.1) is 22.9 Å². The summed E-state index contributed by atoms with van der Waals surface area (Å²) in [6.07, 6.45) is 3.49. The summed E-state index contributed by atoms with van der Waals surface area (Å²) in [7, 11) is -3.15. The van der Waals surface area contributed by atoms with Crippen LogP contribution in [0.2, 0.25) is 39.3 Å². The van der Waals surface area contributed by atoms with Crippen molar-refractivity contribution in [2.24, 2.45) is 0 Å². The molecule has 0 amide bonds. The Hall–Kier alpha value is -3.19. The van der Waals surface area contributed by atoms with Crippen molar-refractivity contribution in [3.63, 3.8) is 0 Å². The van der Waals surface area contributed by atoms with Gasteiger partial charge in [-0.25, -0.2) is 0 Å². The predicted octanol–water partition coefficient (Wildman–Crippen LogP) is 7.94. The van der Waals surface area contributed by atoms with Crippen molar-refractivity contribution in [1.29, 1.82) is 0 Å². The normalized spacial score (nSPS) is 12.2. The van der Waals surface area contributed by atoms with Gasteiger partial charge in [-0.15, -0.1) is 11.1 Å². The Morgan fingerprint density at radius 3 is 1.31 bits per heavy atom. The van der Waals surface area contributed by atoms with E-state index in [0.29, 0.717) is 0 Å². The van der Waals surface area contributed by atoms with Crippen LogP contribution >= 0.6 is 0 Å². The maximum absolute atomic E-state index is 5.77. The second-order valence-corrected chi connectivity index (χ2v) is 20.0. The van der Waals surface area contributed by atoms with Gasteiger partial charge in [-0.1, -0.05) is 51.1 Å². The first-order chi connectivity index (χ1) is 15.1. The Morgan fingerprint density at radius 1 is 0.562 bits per heavy atom. The number of fused-ring (bicyclic) bond motifs is 4. The minimum absolute atomic E-state index is 0.876.